The number of carbonyl (C=O) groups excluding carboxylic acids is 1. The van der Waals surface area contributed by atoms with E-state index in [1.165, 1.54) is 19.2 Å². The third-order valence-corrected chi connectivity index (χ3v) is 8.03. The maximum Gasteiger partial charge on any atom is 0.459 e. The lowest BCUT2D eigenvalue weighted by molar-refractivity contribution is -0.149. The van der Waals surface area contributed by atoms with Crippen molar-refractivity contribution in [3.63, 3.8) is 0 Å². The highest BCUT2D eigenvalue weighted by Gasteiger charge is 2.46. The summed E-state index contributed by atoms with van der Waals surface area (Å²) >= 11 is 0.917. The summed E-state index contributed by atoms with van der Waals surface area (Å²) in [6.07, 6.45) is -2.48. The topological polar surface area (TPSA) is 155 Å². The monoisotopic (exact) mass is 530 g/mol. The number of thioether (sulfide) groups is 1. The molecule has 4 N–H and O–H groups in total. The molecular weight excluding hydrogens is 502 g/mol. The first-order chi connectivity index (χ1) is 16.5. The SMILES string of the molecule is CC(C)OC(=O)[C@H](C)N[P@](=O)(OC[C@H]1S[C@@H](n2ccc(N)nc2=O)[C@@H](F)[C@@H]1O)Oc1ccccc1. The number of ether oxygens (including phenoxy) is 1. The number of nitrogens with one attached hydrogen (secondary N) is 1. The fourth-order valence-corrected chi connectivity index (χ4v) is 6.23. The molecule has 2 aromatic rings. The third-order valence-electron chi connectivity index (χ3n) is 4.85. The first kappa shape index (κ1) is 27.2. The zero-order valence-corrected chi connectivity index (χ0v) is 21.0. The van der Waals surface area contributed by atoms with Crippen LogP contribution in [0.1, 0.15) is 26.1 Å². The molecule has 1 saturated heterocycles. The number of esters is 1. The fourth-order valence-electron chi connectivity index (χ4n) is 3.19. The van der Waals surface area contributed by atoms with Gasteiger partial charge in [0.05, 0.1) is 18.0 Å². The summed E-state index contributed by atoms with van der Waals surface area (Å²) in [5.41, 5.74) is 4.72. The number of carbonyl (C=O) groups is 1. The van der Waals surface area contributed by atoms with Gasteiger partial charge >= 0.3 is 19.4 Å². The van der Waals surface area contributed by atoms with Gasteiger partial charge in [-0.15, -0.1) is 11.8 Å². The lowest BCUT2D eigenvalue weighted by Gasteiger charge is -2.25. The Morgan fingerprint density at radius 3 is 2.63 bits per heavy atom. The number of hydrogen-bond acceptors (Lipinski definition) is 10. The van der Waals surface area contributed by atoms with Crippen molar-refractivity contribution in [1.29, 1.82) is 0 Å². The van der Waals surface area contributed by atoms with E-state index < -0.39 is 61.1 Å². The average Bonchev–Trinajstić information content (AvgIpc) is 3.06. The van der Waals surface area contributed by atoms with E-state index in [0.717, 1.165) is 16.3 Å². The summed E-state index contributed by atoms with van der Waals surface area (Å²) in [6.45, 7) is 4.36. The summed E-state index contributed by atoms with van der Waals surface area (Å²) in [5, 5.41) is 11.0. The zero-order chi connectivity index (χ0) is 25.8. The van der Waals surface area contributed by atoms with E-state index in [2.05, 4.69) is 10.1 Å². The van der Waals surface area contributed by atoms with E-state index in [1.807, 2.05) is 0 Å². The van der Waals surface area contributed by atoms with Crippen LogP contribution in [-0.4, -0.2) is 56.9 Å². The van der Waals surface area contributed by atoms with Gasteiger partial charge in [0.2, 0.25) is 0 Å². The van der Waals surface area contributed by atoms with E-state index in [-0.39, 0.29) is 11.6 Å². The Kier molecular flexibility index (Phi) is 8.94. The molecule has 1 fully saturated rings. The molecule has 0 amide bonds. The molecule has 1 aromatic carbocycles. The van der Waals surface area contributed by atoms with Gasteiger partial charge in [-0.1, -0.05) is 18.2 Å². The largest absolute Gasteiger partial charge is 0.462 e. The molecule has 0 unspecified atom stereocenters. The van der Waals surface area contributed by atoms with Crippen molar-refractivity contribution >= 4 is 31.3 Å². The van der Waals surface area contributed by atoms with Crippen molar-refractivity contribution in [2.45, 2.75) is 55.8 Å². The maximum absolute atomic E-state index is 14.9. The summed E-state index contributed by atoms with van der Waals surface area (Å²) in [7, 11) is -4.20. The van der Waals surface area contributed by atoms with Gasteiger partial charge in [0.1, 0.15) is 29.1 Å². The fraction of sp³-hybridized carbons (Fsp3) is 0.476. The van der Waals surface area contributed by atoms with Crippen LogP contribution < -0.4 is 21.0 Å². The van der Waals surface area contributed by atoms with Gasteiger partial charge in [-0.2, -0.15) is 10.1 Å². The van der Waals surface area contributed by atoms with Gasteiger partial charge in [-0.3, -0.25) is 13.9 Å². The maximum atomic E-state index is 14.9. The van der Waals surface area contributed by atoms with Crippen LogP contribution in [0.5, 0.6) is 5.75 Å². The quantitative estimate of drug-likeness (QED) is 0.306. The van der Waals surface area contributed by atoms with Crippen LogP contribution in [-0.2, 0) is 18.6 Å². The van der Waals surface area contributed by atoms with Gasteiger partial charge in [-0.05, 0) is 39.0 Å². The Bertz CT molecular complexity index is 1120. The van der Waals surface area contributed by atoms with Crippen LogP contribution in [0.2, 0.25) is 0 Å². The van der Waals surface area contributed by atoms with Crippen molar-refractivity contribution in [2.75, 3.05) is 12.3 Å². The number of nitrogens with two attached hydrogens (primary N) is 1. The molecule has 6 atom stereocenters. The van der Waals surface area contributed by atoms with E-state index in [4.69, 9.17) is 19.5 Å². The van der Waals surface area contributed by atoms with Crippen LogP contribution >= 0.6 is 19.5 Å². The van der Waals surface area contributed by atoms with Crippen molar-refractivity contribution in [1.82, 2.24) is 14.6 Å². The molecule has 3 rings (SSSR count). The highest BCUT2D eigenvalue weighted by molar-refractivity contribution is 8.00. The Hall–Kier alpha value is -2.44. The van der Waals surface area contributed by atoms with Gasteiger partial charge in [0.15, 0.2) is 6.17 Å². The first-order valence-electron chi connectivity index (χ1n) is 10.8. The van der Waals surface area contributed by atoms with Gasteiger partial charge < -0.3 is 20.1 Å². The molecule has 1 aromatic heterocycles. The predicted molar refractivity (Wildman–Crippen MR) is 129 cm³/mol. The number of alkyl halides is 1. The minimum atomic E-state index is -4.20. The summed E-state index contributed by atoms with van der Waals surface area (Å²) in [5.74, 6) is -0.483. The highest BCUT2D eigenvalue weighted by Crippen LogP contribution is 2.48. The second-order valence-corrected chi connectivity index (χ2v) is 11.1. The standard InChI is InChI=1S/C21H28FN4O7PS/c1-12(2)32-20(28)13(3)25-34(30,33-14-7-5-4-6-8-14)31-11-15-18(27)17(22)19(35-15)26-10-9-16(23)24-21(26)29/h4-10,12-13,15,17-19,27H,11H2,1-3H3,(H,25,30)(H2,23,24,29)/t13-,15+,17-,18+,19+,34-/m0/s1. The minimum absolute atomic E-state index is 0.0136. The number of aliphatic hydroxyl groups excluding tert-OH is 1. The summed E-state index contributed by atoms with van der Waals surface area (Å²) in [4.78, 5) is 27.9. The van der Waals surface area contributed by atoms with E-state index in [0.29, 0.717) is 0 Å². The Labute approximate surface area is 205 Å². The van der Waals surface area contributed by atoms with Crippen LogP contribution in [0, 0.1) is 0 Å². The molecule has 0 saturated carbocycles. The van der Waals surface area contributed by atoms with Gasteiger partial charge in [0.25, 0.3) is 0 Å². The molecule has 14 heteroatoms. The number of aliphatic hydroxyl groups is 1. The summed E-state index contributed by atoms with van der Waals surface area (Å²) in [6, 6.07) is 8.41. The predicted octanol–water partition coefficient (Wildman–Crippen LogP) is 2.27. The van der Waals surface area contributed by atoms with Crippen molar-refractivity contribution in [3.05, 3.63) is 53.1 Å². The normalized spacial score (nSPS) is 24.6. The molecular formula is C21H28FN4O7PS. The number of aromatic nitrogens is 2. The van der Waals surface area contributed by atoms with E-state index in [1.54, 1.807) is 44.2 Å². The molecule has 0 radical (unpaired) electrons. The van der Waals surface area contributed by atoms with Crippen LogP contribution in [0.15, 0.2) is 47.4 Å². The van der Waals surface area contributed by atoms with Crippen molar-refractivity contribution in [2.24, 2.45) is 0 Å². The average molecular weight is 531 g/mol. The van der Waals surface area contributed by atoms with E-state index in [9.17, 15) is 23.7 Å². The lowest BCUT2D eigenvalue weighted by Crippen LogP contribution is -2.37. The number of nitrogen functional groups attached to an aromatic ring is 1. The molecule has 1 aliphatic heterocycles. The number of nitrogens with zero attached hydrogens (tertiary/aromatic N) is 2. The Morgan fingerprint density at radius 2 is 2.00 bits per heavy atom. The highest BCUT2D eigenvalue weighted by atomic mass is 32.2. The molecule has 192 valence electrons. The second-order valence-electron chi connectivity index (χ2n) is 8.08. The smallest absolute Gasteiger partial charge is 0.459 e. The number of benzene rings is 1. The van der Waals surface area contributed by atoms with Crippen molar-refractivity contribution in [3.8, 4) is 5.75 Å². The van der Waals surface area contributed by atoms with Gasteiger partial charge in [-0.25, -0.2) is 13.8 Å². The number of halogens is 1. The van der Waals surface area contributed by atoms with Crippen LogP contribution in [0.4, 0.5) is 10.2 Å². The molecule has 0 spiro atoms. The second kappa shape index (κ2) is 11.5. The van der Waals surface area contributed by atoms with Crippen LogP contribution in [0.25, 0.3) is 0 Å². The number of anilines is 1. The lowest BCUT2D eigenvalue weighted by atomic mass is 10.1. The Balaban J connectivity index is 1.75. The number of rotatable bonds is 10. The Morgan fingerprint density at radius 1 is 1.31 bits per heavy atom. The first-order valence-corrected chi connectivity index (χ1v) is 13.3. The van der Waals surface area contributed by atoms with Crippen molar-refractivity contribution < 1.29 is 32.6 Å². The van der Waals surface area contributed by atoms with E-state index >= 15 is 0 Å². The molecule has 2 heterocycles. The zero-order valence-electron chi connectivity index (χ0n) is 19.3. The number of hydrogen-bond donors (Lipinski definition) is 3. The van der Waals surface area contributed by atoms with Gasteiger partial charge in [0, 0.05) is 6.20 Å². The molecule has 0 bridgehead atoms. The molecule has 0 aliphatic carbocycles. The molecule has 1 aliphatic rings. The number of para-hydroxylation sites is 1. The molecule has 11 nitrogen and oxygen atoms in total. The minimum Gasteiger partial charge on any atom is -0.462 e. The van der Waals surface area contributed by atoms with Crippen LogP contribution in [0.3, 0.4) is 0 Å². The molecule has 35 heavy (non-hydrogen) atoms. The summed E-state index contributed by atoms with van der Waals surface area (Å²) < 4.78 is 45.7. The third kappa shape index (κ3) is 7.05.